The molecule has 1 aliphatic heterocycles. The smallest absolute Gasteiger partial charge is 0.320 e. The molecule has 2 amide bonds. The SMILES string of the molecule is N#CCNCCNCCN1CCN(CCN(CC#N)CCN)C1=O. The van der Waals surface area contributed by atoms with E-state index in [-0.39, 0.29) is 6.03 Å². The van der Waals surface area contributed by atoms with Gasteiger partial charge in [-0.1, -0.05) is 0 Å². The first-order chi connectivity index (χ1) is 11.7. The highest BCUT2D eigenvalue weighted by molar-refractivity contribution is 5.76. The highest BCUT2D eigenvalue weighted by Crippen LogP contribution is 2.07. The predicted molar refractivity (Wildman–Crippen MR) is 91.0 cm³/mol. The van der Waals surface area contributed by atoms with E-state index in [0.717, 1.165) is 32.7 Å². The van der Waals surface area contributed by atoms with E-state index in [9.17, 15) is 4.79 Å². The van der Waals surface area contributed by atoms with Crippen molar-refractivity contribution in [1.29, 1.82) is 10.5 Å². The van der Waals surface area contributed by atoms with E-state index in [1.54, 1.807) is 0 Å². The second-order valence-corrected chi connectivity index (χ2v) is 5.56. The van der Waals surface area contributed by atoms with E-state index in [1.165, 1.54) is 0 Å². The average molecular weight is 336 g/mol. The minimum Gasteiger partial charge on any atom is -0.329 e. The van der Waals surface area contributed by atoms with Crippen molar-refractivity contribution in [2.75, 3.05) is 78.5 Å². The van der Waals surface area contributed by atoms with Crippen molar-refractivity contribution in [3.05, 3.63) is 0 Å². The molecule has 0 saturated carbocycles. The van der Waals surface area contributed by atoms with Gasteiger partial charge in [0, 0.05) is 65.4 Å². The molecular weight excluding hydrogens is 308 g/mol. The van der Waals surface area contributed by atoms with Crippen molar-refractivity contribution in [3.63, 3.8) is 0 Å². The van der Waals surface area contributed by atoms with Gasteiger partial charge < -0.3 is 26.2 Å². The fourth-order valence-electron chi connectivity index (χ4n) is 2.52. The zero-order valence-corrected chi connectivity index (χ0v) is 14.2. The molecule has 1 fully saturated rings. The summed E-state index contributed by atoms with van der Waals surface area (Å²) in [5.41, 5.74) is 5.53. The minimum absolute atomic E-state index is 0.0593. The first-order valence-electron chi connectivity index (χ1n) is 8.34. The summed E-state index contributed by atoms with van der Waals surface area (Å²) >= 11 is 0. The number of rotatable bonds is 13. The second kappa shape index (κ2) is 12.5. The first kappa shape index (κ1) is 20.1. The first-order valence-corrected chi connectivity index (χ1v) is 8.34. The molecule has 0 radical (unpaired) electrons. The van der Waals surface area contributed by atoms with Gasteiger partial charge in [0.2, 0.25) is 0 Å². The number of nitrogens with two attached hydrogens (primary N) is 1. The average Bonchev–Trinajstić information content (AvgIpc) is 2.92. The normalized spacial score (nSPS) is 14.2. The van der Waals surface area contributed by atoms with E-state index in [0.29, 0.717) is 45.8 Å². The van der Waals surface area contributed by atoms with E-state index >= 15 is 0 Å². The fraction of sp³-hybridized carbons (Fsp3) is 0.800. The van der Waals surface area contributed by atoms with Gasteiger partial charge in [0.15, 0.2) is 0 Å². The Kier molecular flexibility index (Phi) is 10.5. The zero-order chi connectivity index (χ0) is 17.6. The molecule has 0 aromatic carbocycles. The molecule has 0 aliphatic carbocycles. The molecule has 0 bridgehead atoms. The topological polar surface area (TPSA) is 124 Å². The number of nitriles is 2. The van der Waals surface area contributed by atoms with Gasteiger partial charge in [-0.05, 0) is 0 Å². The number of carbonyl (C=O) groups is 1. The van der Waals surface area contributed by atoms with Crippen LogP contribution >= 0.6 is 0 Å². The van der Waals surface area contributed by atoms with Crippen molar-refractivity contribution < 1.29 is 4.79 Å². The monoisotopic (exact) mass is 336 g/mol. The van der Waals surface area contributed by atoms with Crippen molar-refractivity contribution in [3.8, 4) is 12.1 Å². The minimum atomic E-state index is 0.0593. The third kappa shape index (κ3) is 7.57. The van der Waals surface area contributed by atoms with Crippen LogP contribution < -0.4 is 16.4 Å². The summed E-state index contributed by atoms with van der Waals surface area (Å²) in [6.45, 7) is 7.57. The number of nitrogens with one attached hydrogen (secondary N) is 2. The van der Waals surface area contributed by atoms with E-state index in [2.05, 4.69) is 16.7 Å². The zero-order valence-electron chi connectivity index (χ0n) is 14.2. The van der Waals surface area contributed by atoms with Crippen LogP contribution in [0.4, 0.5) is 4.79 Å². The molecule has 24 heavy (non-hydrogen) atoms. The quantitative estimate of drug-likeness (QED) is 0.268. The maximum Gasteiger partial charge on any atom is 0.320 e. The standard InChI is InChI=1S/C15H28N8O/c16-1-4-19-5-6-20-7-10-22-13-14-23(15(22)24)12-11-21(8-2-17)9-3-18/h19-20H,2,4-14,17H2. The third-order valence-corrected chi connectivity index (χ3v) is 3.85. The molecule has 0 aromatic heterocycles. The molecule has 1 heterocycles. The molecule has 1 aliphatic rings. The number of hydrogen-bond donors (Lipinski definition) is 3. The van der Waals surface area contributed by atoms with Crippen molar-refractivity contribution in [2.24, 2.45) is 5.73 Å². The molecule has 1 rings (SSSR count). The molecule has 9 nitrogen and oxygen atoms in total. The molecule has 4 N–H and O–H groups in total. The molecule has 0 spiro atoms. The summed E-state index contributed by atoms with van der Waals surface area (Å²) in [6, 6.07) is 4.21. The van der Waals surface area contributed by atoms with E-state index < -0.39 is 0 Å². The van der Waals surface area contributed by atoms with Crippen LogP contribution in [0.5, 0.6) is 0 Å². The Labute approximate surface area is 144 Å². The number of urea groups is 1. The summed E-state index contributed by atoms with van der Waals surface area (Å²) in [7, 11) is 0. The second-order valence-electron chi connectivity index (χ2n) is 5.56. The van der Waals surface area contributed by atoms with E-state index in [4.69, 9.17) is 16.3 Å². The van der Waals surface area contributed by atoms with Gasteiger partial charge in [0.1, 0.15) is 0 Å². The van der Waals surface area contributed by atoms with Gasteiger partial charge in [0.05, 0.1) is 25.2 Å². The Balaban J connectivity index is 2.18. The van der Waals surface area contributed by atoms with Crippen LogP contribution in [0.15, 0.2) is 0 Å². The van der Waals surface area contributed by atoms with Crippen LogP contribution in [0.25, 0.3) is 0 Å². The Bertz CT molecular complexity index is 444. The number of carbonyl (C=O) groups excluding carboxylic acids is 1. The van der Waals surface area contributed by atoms with Gasteiger partial charge in [-0.15, -0.1) is 0 Å². The van der Waals surface area contributed by atoms with E-state index in [1.807, 2.05) is 20.8 Å². The summed E-state index contributed by atoms with van der Waals surface area (Å²) < 4.78 is 0. The lowest BCUT2D eigenvalue weighted by Crippen LogP contribution is -2.41. The lowest BCUT2D eigenvalue weighted by atomic mass is 10.4. The Morgan fingerprint density at radius 3 is 2.42 bits per heavy atom. The molecule has 134 valence electrons. The van der Waals surface area contributed by atoms with Crippen LogP contribution in [0.2, 0.25) is 0 Å². The summed E-state index contributed by atoms with van der Waals surface area (Å²) in [5, 5.41) is 23.4. The Morgan fingerprint density at radius 2 is 1.75 bits per heavy atom. The maximum atomic E-state index is 12.3. The van der Waals surface area contributed by atoms with Crippen molar-refractivity contribution in [2.45, 2.75) is 0 Å². The number of hydrogen-bond acceptors (Lipinski definition) is 7. The molecule has 0 unspecified atom stereocenters. The highest BCUT2D eigenvalue weighted by atomic mass is 16.2. The van der Waals surface area contributed by atoms with Crippen molar-refractivity contribution >= 4 is 6.03 Å². The largest absolute Gasteiger partial charge is 0.329 e. The summed E-state index contributed by atoms with van der Waals surface area (Å²) in [4.78, 5) is 17.9. The van der Waals surface area contributed by atoms with Crippen LogP contribution in [-0.4, -0.2) is 99.3 Å². The van der Waals surface area contributed by atoms with Crippen LogP contribution in [-0.2, 0) is 0 Å². The molecule has 0 atom stereocenters. The molecule has 1 saturated heterocycles. The highest BCUT2D eigenvalue weighted by Gasteiger charge is 2.27. The third-order valence-electron chi connectivity index (χ3n) is 3.85. The lowest BCUT2D eigenvalue weighted by molar-refractivity contribution is 0.185. The fourth-order valence-corrected chi connectivity index (χ4v) is 2.52. The van der Waals surface area contributed by atoms with Crippen molar-refractivity contribution in [1.82, 2.24) is 25.3 Å². The van der Waals surface area contributed by atoms with Gasteiger partial charge in [0.25, 0.3) is 0 Å². The van der Waals surface area contributed by atoms with Crippen LogP contribution in [0.1, 0.15) is 0 Å². The van der Waals surface area contributed by atoms with Gasteiger partial charge >= 0.3 is 6.03 Å². The van der Waals surface area contributed by atoms with Gasteiger partial charge in [-0.25, -0.2) is 4.79 Å². The number of nitrogens with zero attached hydrogens (tertiary/aromatic N) is 5. The lowest BCUT2D eigenvalue weighted by Gasteiger charge is -2.23. The molecule has 0 aromatic rings. The predicted octanol–water partition coefficient (Wildman–Crippen LogP) is -1.79. The van der Waals surface area contributed by atoms with Crippen LogP contribution in [0, 0.1) is 22.7 Å². The maximum absolute atomic E-state index is 12.3. The van der Waals surface area contributed by atoms with Crippen LogP contribution in [0.3, 0.4) is 0 Å². The molecule has 9 heteroatoms. The Morgan fingerprint density at radius 1 is 1.04 bits per heavy atom. The molecular formula is C15H28N8O. The number of amides is 2. The van der Waals surface area contributed by atoms with Gasteiger partial charge in [-0.3, -0.25) is 4.90 Å². The Hall–Kier alpha value is -1.91. The summed E-state index contributed by atoms with van der Waals surface area (Å²) in [6.07, 6.45) is 0. The summed E-state index contributed by atoms with van der Waals surface area (Å²) in [5.74, 6) is 0. The van der Waals surface area contributed by atoms with Gasteiger partial charge in [-0.2, -0.15) is 10.5 Å².